The van der Waals surface area contributed by atoms with Crippen molar-refractivity contribution in [1.29, 1.82) is 0 Å². The molecule has 1 unspecified atom stereocenters. The van der Waals surface area contributed by atoms with Gasteiger partial charge in [-0.05, 0) is 16.3 Å². The topological polar surface area (TPSA) is 49.3 Å². The zero-order valence-corrected chi connectivity index (χ0v) is 10.5. The first-order valence-electron chi connectivity index (χ1n) is 5.84. The molecule has 18 heavy (non-hydrogen) atoms. The van der Waals surface area contributed by atoms with Crippen LogP contribution in [-0.4, -0.2) is 22.9 Å². The molecule has 1 aliphatic rings. The van der Waals surface area contributed by atoms with Crippen molar-refractivity contribution in [3.8, 4) is 0 Å². The zero-order chi connectivity index (χ0) is 12.5. The van der Waals surface area contributed by atoms with Crippen molar-refractivity contribution in [1.82, 2.24) is 5.32 Å². The van der Waals surface area contributed by atoms with Gasteiger partial charge >= 0.3 is 5.97 Å². The van der Waals surface area contributed by atoms with Crippen molar-refractivity contribution < 1.29 is 9.90 Å². The monoisotopic (exact) mass is 259 g/mol. The van der Waals surface area contributed by atoms with Crippen LogP contribution in [0.1, 0.15) is 10.9 Å². The highest BCUT2D eigenvalue weighted by atomic mass is 32.2. The van der Waals surface area contributed by atoms with Crippen molar-refractivity contribution >= 4 is 28.5 Å². The summed E-state index contributed by atoms with van der Waals surface area (Å²) in [5.74, 6) is -0.159. The van der Waals surface area contributed by atoms with Crippen LogP contribution in [0.4, 0.5) is 0 Å². The minimum absolute atomic E-state index is 0.0669. The number of carboxylic acid groups (broad SMARTS) is 1. The van der Waals surface area contributed by atoms with Gasteiger partial charge in [0.1, 0.15) is 6.04 Å². The Balaban J connectivity index is 1.98. The van der Waals surface area contributed by atoms with Gasteiger partial charge in [-0.15, -0.1) is 11.8 Å². The Morgan fingerprint density at radius 2 is 2.00 bits per heavy atom. The lowest BCUT2D eigenvalue weighted by Crippen LogP contribution is -2.33. The van der Waals surface area contributed by atoms with Crippen LogP contribution in [-0.2, 0) is 4.79 Å². The number of hydrogen-bond acceptors (Lipinski definition) is 3. The Hall–Kier alpha value is -1.52. The van der Waals surface area contributed by atoms with E-state index in [9.17, 15) is 4.79 Å². The molecule has 0 saturated carbocycles. The van der Waals surface area contributed by atoms with Gasteiger partial charge in [-0.25, -0.2) is 0 Å². The van der Waals surface area contributed by atoms with Gasteiger partial charge in [0.15, 0.2) is 0 Å². The molecule has 3 rings (SSSR count). The Bertz CT molecular complexity index is 594. The van der Waals surface area contributed by atoms with Crippen LogP contribution in [0, 0.1) is 0 Å². The quantitative estimate of drug-likeness (QED) is 0.870. The molecular weight excluding hydrogens is 246 g/mol. The van der Waals surface area contributed by atoms with Gasteiger partial charge in [0.05, 0.1) is 5.37 Å². The third-order valence-electron chi connectivity index (χ3n) is 3.19. The van der Waals surface area contributed by atoms with Crippen LogP contribution in [0.25, 0.3) is 10.8 Å². The number of nitrogens with one attached hydrogen (secondary N) is 1. The molecule has 2 atom stereocenters. The van der Waals surface area contributed by atoms with E-state index < -0.39 is 12.0 Å². The van der Waals surface area contributed by atoms with E-state index in [1.54, 1.807) is 11.8 Å². The first-order chi connectivity index (χ1) is 8.75. The van der Waals surface area contributed by atoms with Crippen LogP contribution in [0.2, 0.25) is 0 Å². The van der Waals surface area contributed by atoms with Crippen molar-refractivity contribution in [2.75, 3.05) is 5.75 Å². The second-order valence-corrected chi connectivity index (χ2v) is 5.48. The van der Waals surface area contributed by atoms with Crippen molar-refractivity contribution in [3.63, 3.8) is 0 Å². The average Bonchev–Trinajstić information content (AvgIpc) is 2.87. The van der Waals surface area contributed by atoms with Crippen LogP contribution in [0.15, 0.2) is 42.5 Å². The van der Waals surface area contributed by atoms with Gasteiger partial charge in [0.25, 0.3) is 0 Å². The van der Waals surface area contributed by atoms with E-state index in [1.807, 2.05) is 18.2 Å². The van der Waals surface area contributed by atoms with E-state index in [2.05, 4.69) is 29.6 Å². The molecule has 1 aliphatic heterocycles. The van der Waals surface area contributed by atoms with E-state index in [0.717, 1.165) is 0 Å². The molecule has 0 aliphatic carbocycles. The molecule has 1 heterocycles. The maximum absolute atomic E-state index is 11.0. The van der Waals surface area contributed by atoms with Gasteiger partial charge in [0.2, 0.25) is 0 Å². The third-order valence-corrected chi connectivity index (χ3v) is 4.44. The van der Waals surface area contributed by atoms with E-state index in [-0.39, 0.29) is 5.37 Å². The fourth-order valence-electron chi connectivity index (χ4n) is 2.27. The Kier molecular flexibility index (Phi) is 2.97. The third kappa shape index (κ3) is 1.98. The molecule has 1 fully saturated rings. The van der Waals surface area contributed by atoms with Crippen molar-refractivity contribution in [2.45, 2.75) is 11.4 Å². The molecule has 2 N–H and O–H groups in total. The Morgan fingerprint density at radius 1 is 1.22 bits per heavy atom. The predicted octanol–water partition coefficient (Wildman–Crippen LogP) is 2.63. The van der Waals surface area contributed by atoms with Crippen LogP contribution >= 0.6 is 11.8 Å². The second kappa shape index (κ2) is 4.63. The fraction of sp³-hybridized carbons (Fsp3) is 0.214. The zero-order valence-electron chi connectivity index (χ0n) is 9.67. The molecule has 1 saturated heterocycles. The number of aliphatic carboxylic acids is 1. The Labute approximate surface area is 109 Å². The SMILES string of the molecule is O=C(O)[C@H]1CSC(c2cccc3ccccc23)N1. The minimum atomic E-state index is -0.773. The molecule has 4 heteroatoms. The second-order valence-electron chi connectivity index (χ2n) is 4.34. The molecular formula is C14H13NO2S. The molecule has 0 aromatic heterocycles. The number of rotatable bonds is 2. The summed E-state index contributed by atoms with van der Waals surface area (Å²) in [6, 6.07) is 13.9. The molecule has 0 bridgehead atoms. The van der Waals surface area contributed by atoms with E-state index in [4.69, 9.17) is 5.11 Å². The molecule has 0 amide bonds. The highest BCUT2D eigenvalue weighted by Crippen LogP contribution is 2.36. The number of thioether (sulfide) groups is 1. The number of benzene rings is 2. The average molecular weight is 259 g/mol. The normalized spacial score (nSPS) is 23.3. The summed E-state index contributed by atoms with van der Waals surface area (Å²) in [6.45, 7) is 0. The smallest absolute Gasteiger partial charge is 0.321 e. The standard InChI is InChI=1S/C14H13NO2S/c16-14(17)12-8-18-13(15-12)11-7-3-5-9-4-1-2-6-10(9)11/h1-7,12-13,15H,8H2,(H,16,17)/t12-,13?/m1/s1. The highest BCUT2D eigenvalue weighted by Gasteiger charge is 2.30. The molecule has 2 aromatic rings. The summed E-state index contributed by atoms with van der Waals surface area (Å²) < 4.78 is 0. The van der Waals surface area contributed by atoms with Crippen molar-refractivity contribution in [2.24, 2.45) is 0 Å². The number of carboxylic acids is 1. The predicted molar refractivity (Wildman–Crippen MR) is 73.7 cm³/mol. The summed E-state index contributed by atoms with van der Waals surface area (Å²) in [4.78, 5) is 11.0. The molecule has 0 radical (unpaired) electrons. The molecule has 0 spiro atoms. The lowest BCUT2D eigenvalue weighted by molar-refractivity contribution is -0.138. The fourth-order valence-corrected chi connectivity index (χ4v) is 3.54. The van der Waals surface area contributed by atoms with Crippen LogP contribution in [0.3, 0.4) is 0 Å². The van der Waals surface area contributed by atoms with E-state index >= 15 is 0 Å². The first kappa shape index (κ1) is 11.6. The van der Waals surface area contributed by atoms with Crippen molar-refractivity contribution in [3.05, 3.63) is 48.0 Å². The largest absolute Gasteiger partial charge is 0.480 e. The summed E-state index contributed by atoms with van der Waals surface area (Å²) in [7, 11) is 0. The summed E-state index contributed by atoms with van der Waals surface area (Å²) in [5.41, 5.74) is 1.17. The Morgan fingerprint density at radius 3 is 2.78 bits per heavy atom. The number of hydrogen-bond donors (Lipinski definition) is 2. The van der Waals surface area contributed by atoms with Gasteiger partial charge in [-0.1, -0.05) is 42.5 Å². The highest BCUT2D eigenvalue weighted by molar-refractivity contribution is 7.99. The number of carbonyl (C=O) groups is 1. The van der Waals surface area contributed by atoms with E-state index in [0.29, 0.717) is 5.75 Å². The molecule has 92 valence electrons. The van der Waals surface area contributed by atoms with Gasteiger partial charge in [-0.3, -0.25) is 10.1 Å². The number of fused-ring (bicyclic) bond motifs is 1. The van der Waals surface area contributed by atoms with Gasteiger partial charge in [0, 0.05) is 5.75 Å². The minimum Gasteiger partial charge on any atom is -0.480 e. The molecule has 2 aromatic carbocycles. The lowest BCUT2D eigenvalue weighted by atomic mass is 10.0. The summed E-state index contributed by atoms with van der Waals surface area (Å²) >= 11 is 1.65. The maximum Gasteiger partial charge on any atom is 0.321 e. The van der Waals surface area contributed by atoms with E-state index in [1.165, 1.54) is 16.3 Å². The van der Waals surface area contributed by atoms with Crippen LogP contribution < -0.4 is 5.32 Å². The van der Waals surface area contributed by atoms with Crippen LogP contribution in [0.5, 0.6) is 0 Å². The lowest BCUT2D eigenvalue weighted by Gasteiger charge is -2.14. The summed E-state index contributed by atoms with van der Waals surface area (Å²) in [5, 5.41) is 14.6. The maximum atomic E-state index is 11.0. The molecule has 3 nitrogen and oxygen atoms in total. The van der Waals surface area contributed by atoms with Gasteiger partial charge < -0.3 is 5.11 Å². The summed E-state index contributed by atoms with van der Waals surface area (Å²) in [6.07, 6.45) is 0. The first-order valence-corrected chi connectivity index (χ1v) is 6.89. The van der Waals surface area contributed by atoms with Gasteiger partial charge in [-0.2, -0.15) is 0 Å².